The van der Waals surface area contributed by atoms with Crippen molar-refractivity contribution in [3.05, 3.63) is 17.7 Å². The number of aromatic amines is 1. The lowest BCUT2D eigenvalue weighted by Gasteiger charge is -2.33. The number of amides is 2. The van der Waals surface area contributed by atoms with Gasteiger partial charge in [-0.3, -0.25) is 0 Å². The van der Waals surface area contributed by atoms with E-state index >= 15 is 0 Å². The highest BCUT2D eigenvalue weighted by Gasteiger charge is 2.36. The van der Waals surface area contributed by atoms with Crippen LogP contribution in [-0.4, -0.2) is 57.8 Å². The number of hydrogen-bond acceptors (Lipinski definition) is 4. The van der Waals surface area contributed by atoms with Crippen LogP contribution in [0.4, 0.5) is 4.79 Å². The van der Waals surface area contributed by atoms with E-state index in [-0.39, 0.29) is 19.0 Å². The highest BCUT2D eigenvalue weighted by Crippen LogP contribution is 2.21. The minimum Gasteiger partial charge on any atom is -0.480 e. The molecule has 116 valence electrons. The maximum Gasteiger partial charge on any atom is 0.326 e. The van der Waals surface area contributed by atoms with E-state index in [0.717, 1.165) is 5.69 Å². The van der Waals surface area contributed by atoms with Gasteiger partial charge in [-0.15, -0.1) is 0 Å². The minimum absolute atomic E-state index is 0.139. The van der Waals surface area contributed by atoms with Crippen molar-refractivity contribution in [2.75, 3.05) is 13.7 Å². The van der Waals surface area contributed by atoms with E-state index in [2.05, 4.69) is 15.3 Å². The van der Waals surface area contributed by atoms with Gasteiger partial charge in [-0.05, 0) is 6.42 Å². The van der Waals surface area contributed by atoms with Crippen molar-refractivity contribution >= 4 is 12.0 Å². The zero-order valence-electron chi connectivity index (χ0n) is 12.1. The molecule has 0 saturated heterocycles. The molecule has 0 fully saturated rings. The SMILES string of the molecule is CCC(COC)NC(=O)N1Cc2[nH]cnc2CC1C(=O)O. The van der Waals surface area contributed by atoms with Gasteiger partial charge in [-0.25, -0.2) is 14.6 Å². The maximum atomic E-state index is 12.4. The Hall–Kier alpha value is -2.09. The molecule has 0 aromatic carbocycles. The van der Waals surface area contributed by atoms with E-state index in [4.69, 9.17) is 4.74 Å². The highest BCUT2D eigenvalue weighted by atomic mass is 16.5. The Bertz CT molecular complexity index is 516. The van der Waals surface area contributed by atoms with Gasteiger partial charge in [-0.2, -0.15) is 0 Å². The molecule has 0 spiro atoms. The fourth-order valence-electron chi connectivity index (χ4n) is 2.39. The molecular weight excluding hydrogens is 276 g/mol. The molecule has 1 aliphatic rings. The van der Waals surface area contributed by atoms with Crippen molar-refractivity contribution in [2.45, 2.75) is 38.4 Å². The molecule has 2 atom stereocenters. The average molecular weight is 296 g/mol. The number of carboxylic acids is 1. The van der Waals surface area contributed by atoms with Crippen molar-refractivity contribution in [1.29, 1.82) is 0 Å². The maximum absolute atomic E-state index is 12.4. The number of carboxylic acid groups (broad SMARTS) is 1. The second-order valence-electron chi connectivity index (χ2n) is 5.02. The van der Waals surface area contributed by atoms with Gasteiger partial charge in [-0.1, -0.05) is 6.92 Å². The summed E-state index contributed by atoms with van der Waals surface area (Å²) in [5, 5.41) is 12.1. The Kier molecular flexibility index (Phi) is 4.79. The summed E-state index contributed by atoms with van der Waals surface area (Å²) in [6.45, 7) is 2.53. The van der Waals surface area contributed by atoms with Crippen molar-refractivity contribution in [2.24, 2.45) is 0 Å². The van der Waals surface area contributed by atoms with Crippen LogP contribution in [0.5, 0.6) is 0 Å². The molecule has 0 radical (unpaired) electrons. The number of carbonyl (C=O) groups excluding carboxylic acids is 1. The van der Waals surface area contributed by atoms with Gasteiger partial charge in [0.2, 0.25) is 0 Å². The molecule has 0 saturated carbocycles. The van der Waals surface area contributed by atoms with Crippen LogP contribution < -0.4 is 5.32 Å². The smallest absolute Gasteiger partial charge is 0.326 e. The van der Waals surface area contributed by atoms with E-state index in [1.165, 1.54) is 11.2 Å². The predicted octanol–water partition coefficient (Wildman–Crippen LogP) is 0.356. The molecule has 1 aliphatic heterocycles. The van der Waals surface area contributed by atoms with Gasteiger partial charge in [0, 0.05) is 13.5 Å². The number of nitrogens with one attached hydrogen (secondary N) is 2. The van der Waals surface area contributed by atoms with Crippen LogP contribution in [0.3, 0.4) is 0 Å². The van der Waals surface area contributed by atoms with Gasteiger partial charge >= 0.3 is 12.0 Å². The van der Waals surface area contributed by atoms with Gasteiger partial charge < -0.3 is 25.0 Å². The molecule has 8 heteroatoms. The van der Waals surface area contributed by atoms with Gasteiger partial charge in [0.05, 0.1) is 36.9 Å². The van der Waals surface area contributed by atoms with Crippen LogP contribution in [0.2, 0.25) is 0 Å². The lowest BCUT2D eigenvalue weighted by atomic mass is 10.0. The molecule has 0 bridgehead atoms. The fourth-order valence-corrected chi connectivity index (χ4v) is 2.39. The van der Waals surface area contributed by atoms with Gasteiger partial charge in [0.25, 0.3) is 0 Å². The summed E-state index contributed by atoms with van der Waals surface area (Å²) >= 11 is 0. The summed E-state index contributed by atoms with van der Waals surface area (Å²) in [7, 11) is 1.56. The minimum atomic E-state index is -1.03. The number of aliphatic carboxylic acids is 1. The molecule has 2 unspecified atom stereocenters. The normalized spacial score (nSPS) is 19.0. The second kappa shape index (κ2) is 6.57. The zero-order chi connectivity index (χ0) is 15.4. The van der Waals surface area contributed by atoms with E-state index in [9.17, 15) is 14.7 Å². The first-order valence-electron chi connectivity index (χ1n) is 6.86. The number of methoxy groups -OCH3 is 1. The summed E-state index contributed by atoms with van der Waals surface area (Å²) < 4.78 is 5.04. The third kappa shape index (κ3) is 3.33. The summed E-state index contributed by atoms with van der Waals surface area (Å²) in [4.78, 5) is 32.1. The van der Waals surface area contributed by atoms with E-state index in [0.29, 0.717) is 18.7 Å². The van der Waals surface area contributed by atoms with Crippen LogP contribution in [0.25, 0.3) is 0 Å². The van der Waals surface area contributed by atoms with Crippen LogP contribution >= 0.6 is 0 Å². The van der Waals surface area contributed by atoms with E-state index in [1.807, 2.05) is 6.92 Å². The summed E-state index contributed by atoms with van der Waals surface area (Å²) in [5.41, 5.74) is 1.48. The number of nitrogens with zero attached hydrogens (tertiary/aromatic N) is 2. The lowest BCUT2D eigenvalue weighted by molar-refractivity contribution is -0.142. The summed E-state index contributed by atoms with van der Waals surface area (Å²) in [6, 6.07) is -1.44. The molecule has 8 nitrogen and oxygen atoms in total. The number of rotatable bonds is 5. The number of H-pyrrole nitrogens is 1. The average Bonchev–Trinajstić information content (AvgIpc) is 2.92. The number of urea groups is 1. The molecule has 2 rings (SSSR count). The Morgan fingerprint density at radius 2 is 2.43 bits per heavy atom. The van der Waals surface area contributed by atoms with Crippen molar-refractivity contribution in [3.8, 4) is 0 Å². The van der Waals surface area contributed by atoms with E-state index < -0.39 is 18.0 Å². The molecule has 1 aromatic heterocycles. The first kappa shape index (κ1) is 15.3. The molecule has 0 aliphatic carbocycles. The van der Waals surface area contributed by atoms with Gasteiger partial charge in [0.15, 0.2) is 0 Å². The molecular formula is C13H20N4O4. The van der Waals surface area contributed by atoms with Crippen LogP contribution in [0.15, 0.2) is 6.33 Å². The molecule has 2 amide bonds. The molecule has 1 aromatic rings. The zero-order valence-corrected chi connectivity index (χ0v) is 12.1. The number of aromatic nitrogens is 2. The fraction of sp³-hybridized carbons (Fsp3) is 0.615. The monoisotopic (exact) mass is 296 g/mol. The van der Waals surface area contributed by atoms with Crippen molar-refractivity contribution in [3.63, 3.8) is 0 Å². The van der Waals surface area contributed by atoms with Crippen molar-refractivity contribution < 1.29 is 19.4 Å². The lowest BCUT2D eigenvalue weighted by Crippen LogP contribution is -2.54. The van der Waals surface area contributed by atoms with Crippen LogP contribution in [0, 0.1) is 0 Å². The third-order valence-corrected chi connectivity index (χ3v) is 3.63. The standard InChI is InChI=1S/C13H20N4O4/c1-3-8(6-21-2)16-13(20)17-5-10-9(14-7-15-10)4-11(17)12(18)19/h7-8,11H,3-6H2,1-2H3,(H,14,15)(H,16,20)(H,18,19). The van der Waals surface area contributed by atoms with E-state index in [1.54, 1.807) is 7.11 Å². The topological polar surface area (TPSA) is 108 Å². The number of hydrogen-bond donors (Lipinski definition) is 3. The quantitative estimate of drug-likeness (QED) is 0.727. The van der Waals surface area contributed by atoms with Crippen LogP contribution in [-0.2, 0) is 22.5 Å². The number of fused-ring (bicyclic) bond motifs is 1. The first-order chi connectivity index (χ1) is 10.1. The summed E-state index contributed by atoms with van der Waals surface area (Å²) in [6.07, 6.45) is 2.44. The van der Waals surface area contributed by atoms with Crippen molar-refractivity contribution in [1.82, 2.24) is 20.2 Å². The van der Waals surface area contributed by atoms with Crippen LogP contribution in [0.1, 0.15) is 24.7 Å². The Labute approximate surface area is 122 Å². The highest BCUT2D eigenvalue weighted by molar-refractivity contribution is 5.83. The molecule has 2 heterocycles. The van der Waals surface area contributed by atoms with Gasteiger partial charge in [0.1, 0.15) is 6.04 Å². The number of ether oxygens (including phenoxy) is 1. The first-order valence-corrected chi connectivity index (χ1v) is 6.86. The second-order valence-corrected chi connectivity index (χ2v) is 5.02. The number of carbonyl (C=O) groups is 2. The Morgan fingerprint density at radius 3 is 3.05 bits per heavy atom. The summed E-state index contributed by atoms with van der Waals surface area (Å²) in [5.74, 6) is -1.03. The predicted molar refractivity (Wildman–Crippen MR) is 73.7 cm³/mol. The largest absolute Gasteiger partial charge is 0.480 e. The molecule has 21 heavy (non-hydrogen) atoms. The third-order valence-electron chi connectivity index (χ3n) is 3.63. The molecule has 3 N–H and O–H groups in total. The Balaban J connectivity index is 2.12. The number of imidazole rings is 1. The Morgan fingerprint density at radius 1 is 1.67 bits per heavy atom.